The molecule has 2 rings (SSSR count). The van der Waals surface area contributed by atoms with Crippen molar-refractivity contribution in [2.24, 2.45) is 5.73 Å². The second kappa shape index (κ2) is 6.25. The molecule has 1 atom stereocenters. The summed E-state index contributed by atoms with van der Waals surface area (Å²) in [4.78, 5) is 11.5. The van der Waals surface area contributed by atoms with Crippen LogP contribution in [-0.2, 0) is 16.0 Å². The van der Waals surface area contributed by atoms with Crippen molar-refractivity contribution in [3.63, 3.8) is 0 Å². The molecule has 0 radical (unpaired) electrons. The molecule has 1 heterocycles. The lowest BCUT2D eigenvalue weighted by Crippen LogP contribution is -2.34. The summed E-state index contributed by atoms with van der Waals surface area (Å²) < 4.78 is 16.7. The maximum absolute atomic E-state index is 11.5. The number of benzene rings is 1. The molecule has 2 N–H and O–H groups in total. The Hall–Kier alpha value is -1.27. The van der Waals surface area contributed by atoms with E-state index in [1.807, 2.05) is 12.1 Å². The molecule has 104 valence electrons. The standard InChI is InChI=1S/C13H16BrNO4/c1-2-17-13(16)10(15)6-8-5-9(14)12-11(7-8)18-3-4-19-12/h5,7,10H,2-4,6,15H2,1H3. The van der Waals surface area contributed by atoms with Gasteiger partial charge in [-0.1, -0.05) is 0 Å². The summed E-state index contributed by atoms with van der Waals surface area (Å²) in [6, 6.07) is 3.06. The molecule has 0 aliphatic carbocycles. The SMILES string of the molecule is CCOC(=O)C(N)Cc1cc(Br)c2c(c1)OCCO2. The minimum Gasteiger partial charge on any atom is -0.486 e. The fraction of sp³-hybridized carbons (Fsp3) is 0.462. The van der Waals surface area contributed by atoms with E-state index < -0.39 is 12.0 Å². The van der Waals surface area contributed by atoms with Crippen LogP contribution in [0.15, 0.2) is 16.6 Å². The van der Waals surface area contributed by atoms with E-state index in [0.717, 1.165) is 10.0 Å². The molecule has 0 saturated heterocycles. The van der Waals surface area contributed by atoms with Crippen LogP contribution in [0.3, 0.4) is 0 Å². The monoisotopic (exact) mass is 329 g/mol. The zero-order valence-electron chi connectivity index (χ0n) is 10.6. The first-order chi connectivity index (χ1) is 9.11. The summed E-state index contributed by atoms with van der Waals surface area (Å²) in [7, 11) is 0. The van der Waals surface area contributed by atoms with Gasteiger partial charge in [-0.05, 0) is 47.0 Å². The van der Waals surface area contributed by atoms with E-state index in [4.69, 9.17) is 19.9 Å². The Bertz CT molecular complexity index is 478. The Morgan fingerprint density at radius 2 is 2.21 bits per heavy atom. The van der Waals surface area contributed by atoms with Gasteiger partial charge in [-0.15, -0.1) is 0 Å². The van der Waals surface area contributed by atoms with Crippen molar-refractivity contribution in [3.05, 3.63) is 22.2 Å². The lowest BCUT2D eigenvalue weighted by molar-refractivity contribution is -0.144. The van der Waals surface area contributed by atoms with Crippen LogP contribution in [0.2, 0.25) is 0 Å². The van der Waals surface area contributed by atoms with E-state index in [2.05, 4.69) is 15.9 Å². The molecule has 1 aliphatic rings. The highest BCUT2D eigenvalue weighted by atomic mass is 79.9. The van der Waals surface area contributed by atoms with Crippen molar-refractivity contribution in [1.29, 1.82) is 0 Å². The largest absolute Gasteiger partial charge is 0.486 e. The predicted octanol–water partition coefficient (Wildman–Crippen LogP) is 1.65. The Morgan fingerprint density at radius 3 is 2.95 bits per heavy atom. The third kappa shape index (κ3) is 3.39. The third-order valence-corrected chi connectivity index (χ3v) is 3.29. The highest BCUT2D eigenvalue weighted by Gasteiger charge is 2.20. The summed E-state index contributed by atoms with van der Waals surface area (Å²) >= 11 is 3.43. The average Bonchev–Trinajstić information content (AvgIpc) is 2.39. The van der Waals surface area contributed by atoms with Crippen LogP contribution in [0.5, 0.6) is 11.5 Å². The molecule has 6 heteroatoms. The van der Waals surface area contributed by atoms with Gasteiger partial charge in [0.25, 0.3) is 0 Å². The topological polar surface area (TPSA) is 70.8 Å². The molecular weight excluding hydrogens is 314 g/mol. The molecule has 0 fully saturated rings. The zero-order chi connectivity index (χ0) is 13.8. The number of esters is 1. The molecule has 0 spiro atoms. The molecule has 19 heavy (non-hydrogen) atoms. The van der Waals surface area contributed by atoms with Crippen LogP contribution in [0.25, 0.3) is 0 Å². The third-order valence-electron chi connectivity index (χ3n) is 2.70. The maximum Gasteiger partial charge on any atom is 0.323 e. The van der Waals surface area contributed by atoms with Gasteiger partial charge in [0.15, 0.2) is 11.5 Å². The Labute approximate surface area is 120 Å². The molecule has 0 saturated carbocycles. The molecule has 0 aromatic heterocycles. The summed E-state index contributed by atoms with van der Waals surface area (Å²) in [5, 5.41) is 0. The summed E-state index contributed by atoms with van der Waals surface area (Å²) in [5.74, 6) is 0.972. The van der Waals surface area contributed by atoms with Crippen LogP contribution >= 0.6 is 15.9 Å². The van der Waals surface area contributed by atoms with Crippen molar-refractivity contribution < 1.29 is 19.0 Å². The van der Waals surface area contributed by atoms with Crippen LogP contribution in [0.1, 0.15) is 12.5 Å². The molecule has 1 aromatic carbocycles. The van der Waals surface area contributed by atoms with Crippen molar-refractivity contribution in [2.75, 3.05) is 19.8 Å². The molecule has 1 aliphatic heterocycles. The minimum atomic E-state index is -0.672. The summed E-state index contributed by atoms with van der Waals surface area (Å²) in [6.07, 6.45) is 0.397. The number of fused-ring (bicyclic) bond motifs is 1. The van der Waals surface area contributed by atoms with Gasteiger partial charge in [0.05, 0.1) is 11.1 Å². The van der Waals surface area contributed by atoms with Gasteiger partial charge in [0, 0.05) is 0 Å². The average molecular weight is 330 g/mol. The predicted molar refractivity (Wildman–Crippen MR) is 73.4 cm³/mol. The lowest BCUT2D eigenvalue weighted by atomic mass is 10.1. The van der Waals surface area contributed by atoms with Gasteiger partial charge in [-0.2, -0.15) is 0 Å². The highest BCUT2D eigenvalue weighted by molar-refractivity contribution is 9.10. The fourth-order valence-corrected chi connectivity index (χ4v) is 2.47. The van der Waals surface area contributed by atoms with Gasteiger partial charge in [-0.25, -0.2) is 0 Å². The molecular formula is C13H16BrNO4. The van der Waals surface area contributed by atoms with Crippen molar-refractivity contribution in [1.82, 2.24) is 0 Å². The van der Waals surface area contributed by atoms with Gasteiger partial charge in [0.1, 0.15) is 19.3 Å². The number of hydrogen-bond acceptors (Lipinski definition) is 5. The van der Waals surface area contributed by atoms with Gasteiger partial charge in [0.2, 0.25) is 0 Å². The number of carbonyl (C=O) groups is 1. The van der Waals surface area contributed by atoms with E-state index >= 15 is 0 Å². The Kier molecular flexibility index (Phi) is 4.66. The number of hydrogen-bond donors (Lipinski definition) is 1. The van der Waals surface area contributed by atoms with Crippen LogP contribution < -0.4 is 15.2 Å². The van der Waals surface area contributed by atoms with Crippen LogP contribution in [0, 0.1) is 0 Å². The van der Waals surface area contributed by atoms with Crippen molar-refractivity contribution in [2.45, 2.75) is 19.4 Å². The van der Waals surface area contributed by atoms with Crippen molar-refractivity contribution in [3.8, 4) is 11.5 Å². The molecule has 5 nitrogen and oxygen atoms in total. The second-order valence-electron chi connectivity index (χ2n) is 4.16. The van der Waals surface area contributed by atoms with Crippen LogP contribution in [0.4, 0.5) is 0 Å². The van der Waals surface area contributed by atoms with E-state index in [-0.39, 0.29) is 0 Å². The molecule has 0 amide bonds. The van der Waals surface area contributed by atoms with E-state index in [0.29, 0.717) is 37.7 Å². The Morgan fingerprint density at radius 1 is 1.47 bits per heavy atom. The number of rotatable bonds is 4. The fourth-order valence-electron chi connectivity index (χ4n) is 1.87. The molecule has 1 unspecified atom stereocenters. The highest BCUT2D eigenvalue weighted by Crippen LogP contribution is 2.38. The first-order valence-electron chi connectivity index (χ1n) is 6.12. The maximum atomic E-state index is 11.5. The zero-order valence-corrected chi connectivity index (χ0v) is 12.2. The van der Waals surface area contributed by atoms with E-state index in [9.17, 15) is 4.79 Å². The Balaban J connectivity index is 2.13. The smallest absolute Gasteiger partial charge is 0.323 e. The minimum absolute atomic E-state index is 0.331. The quantitative estimate of drug-likeness (QED) is 0.850. The summed E-state index contributed by atoms with van der Waals surface area (Å²) in [5.41, 5.74) is 6.70. The number of nitrogens with two attached hydrogens (primary N) is 1. The van der Waals surface area contributed by atoms with Gasteiger partial charge in [-0.3, -0.25) is 4.79 Å². The van der Waals surface area contributed by atoms with Gasteiger partial charge >= 0.3 is 5.97 Å². The first kappa shape index (κ1) is 14.1. The second-order valence-corrected chi connectivity index (χ2v) is 5.02. The lowest BCUT2D eigenvalue weighted by Gasteiger charge is -2.21. The molecule has 1 aromatic rings. The molecule has 0 bridgehead atoms. The van der Waals surface area contributed by atoms with Crippen molar-refractivity contribution >= 4 is 21.9 Å². The number of carbonyl (C=O) groups excluding carboxylic acids is 1. The first-order valence-corrected chi connectivity index (χ1v) is 6.91. The number of halogens is 1. The van der Waals surface area contributed by atoms with Crippen LogP contribution in [-0.4, -0.2) is 31.8 Å². The normalized spacial score (nSPS) is 14.9. The number of ether oxygens (including phenoxy) is 3. The van der Waals surface area contributed by atoms with Gasteiger partial charge < -0.3 is 19.9 Å². The van der Waals surface area contributed by atoms with E-state index in [1.54, 1.807) is 6.92 Å². The summed E-state index contributed by atoms with van der Waals surface area (Å²) in [6.45, 7) is 3.14. The van der Waals surface area contributed by atoms with E-state index in [1.165, 1.54) is 0 Å².